The van der Waals surface area contributed by atoms with E-state index >= 15 is 0 Å². The van der Waals surface area contributed by atoms with E-state index in [0.29, 0.717) is 36.4 Å². The van der Waals surface area contributed by atoms with Gasteiger partial charge in [0.1, 0.15) is 17.5 Å². The van der Waals surface area contributed by atoms with Crippen LogP contribution >= 0.6 is 0 Å². The number of carbonyl (C=O) groups excluding carboxylic acids is 1. The first kappa shape index (κ1) is 21.3. The third-order valence-corrected chi connectivity index (χ3v) is 5.27. The van der Waals surface area contributed by atoms with E-state index in [1.54, 1.807) is 34.6 Å². The van der Waals surface area contributed by atoms with Crippen LogP contribution in [0.5, 0.6) is 5.75 Å². The van der Waals surface area contributed by atoms with Gasteiger partial charge in [0.25, 0.3) is 11.5 Å². The predicted octanol–water partition coefficient (Wildman–Crippen LogP) is 2.53. The molecular weight excluding hydrogens is 406 g/mol. The number of ether oxygens (including phenoxy) is 1. The van der Waals surface area contributed by atoms with Gasteiger partial charge in [-0.05, 0) is 37.1 Å². The van der Waals surface area contributed by atoms with Crippen molar-refractivity contribution in [1.82, 2.24) is 24.6 Å². The van der Waals surface area contributed by atoms with Crippen molar-refractivity contribution in [3.63, 3.8) is 0 Å². The molecule has 4 aromatic rings. The van der Waals surface area contributed by atoms with Gasteiger partial charge in [-0.1, -0.05) is 42.5 Å². The van der Waals surface area contributed by atoms with Crippen molar-refractivity contribution in [2.75, 3.05) is 6.54 Å². The molecule has 0 aliphatic heterocycles. The number of para-hydroxylation sites is 1. The highest BCUT2D eigenvalue weighted by Gasteiger charge is 2.15. The molecule has 4 rings (SSSR count). The standard InChI is InChI=1S/C24H25N5O3/c1-17-8-6-7-9-19(17)15-28-16-26-22-21(24(28)31)14-27-29(22)13-12-25-23(30)18(2)32-20-10-4-3-5-11-20/h3-11,14,16,18H,12-13,15H2,1-2H3,(H,25,30). The lowest BCUT2D eigenvalue weighted by atomic mass is 10.1. The van der Waals surface area contributed by atoms with Crippen LogP contribution in [-0.4, -0.2) is 37.9 Å². The lowest BCUT2D eigenvalue weighted by Crippen LogP contribution is -2.38. The number of aromatic nitrogens is 4. The topological polar surface area (TPSA) is 91.0 Å². The second-order valence-corrected chi connectivity index (χ2v) is 7.57. The van der Waals surface area contributed by atoms with Crippen molar-refractivity contribution in [2.24, 2.45) is 0 Å². The Bertz CT molecular complexity index is 1280. The summed E-state index contributed by atoms with van der Waals surface area (Å²) in [6.45, 7) is 4.90. The molecule has 0 saturated heterocycles. The molecule has 0 saturated carbocycles. The van der Waals surface area contributed by atoms with Crippen LogP contribution in [0.15, 0.2) is 71.9 Å². The maximum absolute atomic E-state index is 12.9. The van der Waals surface area contributed by atoms with Gasteiger partial charge in [-0.3, -0.25) is 14.2 Å². The smallest absolute Gasteiger partial charge is 0.264 e. The van der Waals surface area contributed by atoms with Gasteiger partial charge in [0, 0.05) is 6.54 Å². The predicted molar refractivity (Wildman–Crippen MR) is 122 cm³/mol. The fourth-order valence-corrected chi connectivity index (χ4v) is 3.43. The Balaban J connectivity index is 1.39. The zero-order chi connectivity index (χ0) is 22.5. The van der Waals surface area contributed by atoms with Crippen molar-refractivity contribution >= 4 is 16.9 Å². The quantitative estimate of drug-likeness (QED) is 0.463. The number of aryl methyl sites for hydroxylation is 1. The third-order valence-electron chi connectivity index (χ3n) is 5.27. The van der Waals surface area contributed by atoms with Crippen LogP contribution in [0.25, 0.3) is 11.0 Å². The van der Waals surface area contributed by atoms with E-state index in [-0.39, 0.29) is 11.5 Å². The van der Waals surface area contributed by atoms with E-state index in [4.69, 9.17) is 4.74 Å². The van der Waals surface area contributed by atoms with Crippen molar-refractivity contribution in [3.8, 4) is 5.75 Å². The van der Waals surface area contributed by atoms with Gasteiger partial charge < -0.3 is 10.1 Å². The summed E-state index contributed by atoms with van der Waals surface area (Å²) in [4.78, 5) is 29.6. The first-order chi connectivity index (χ1) is 15.5. The largest absolute Gasteiger partial charge is 0.481 e. The fourth-order valence-electron chi connectivity index (χ4n) is 3.43. The summed E-state index contributed by atoms with van der Waals surface area (Å²) in [7, 11) is 0. The molecule has 8 heteroatoms. The molecule has 0 aliphatic rings. The molecule has 164 valence electrons. The molecule has 0 spiro atoms. The molecule has 2 aromatic carbocycles. The molecule has 0 fully saturated rings. The highest BCUT2D eigenvalue weighted by atomic mass is 16.5. The summed E-state index contributed by atoms with van der Waals surface area (Å²) in [6.07, 6.45) is 2.45. The highest BCUT2D eigenvalue weighted by molar-refractivity contribution is 5.80. The monoisotopic (exact) mass is 431 g/mol. The molecule has 8 nitrogen and oxygen atoms in total. The lowest BCUT2D eigenvalue weighted by Gasteiger charge is -2.14. The molecule has 1 atom stereocenters. The number of hydrogen-bond acceptors (Lipinski definition) is 5. The Morgan fingerprint density at radius 3 is 2.66 bits per heavy atom. The molecule has 0 radical (unpaired) electrons. The van der Waals surface area contributed by atoms with Crippen molar-refractivity contribution in [1.29, 1.82) is 0 Å². The van der Waals surface area contributed by atoms with Gasteiger partial charge in [0.2, 0.25) is 0 Å². The molecule has 2 aromatic heterocycles. The van der Waals surface area contributed by atoms with E-state index in [1.807, 2.05) is 49.4 Å². The minimum absolute atomic E-state index is 0.140. The van der Waals surface area contributed by atoms with Gasteiger partial charge in [-0.15, -0.1) is 0 Å². The Morgan fingerprint density at radius 1 is 1.12 bits per heavy atom. The van der Waals surface area contributed by atoms with Crippen LogP contribution in [0.1, 0.15) is 18.1 Å². The Hall–Kier alpha value is -3.94. The molecule has 1 N–H and O–H groups in total. The van der Waals surface area contributed by atoms with Crippen LogP contribution in [0, 0.1) is 6.92 Å². The molecule has 0 aliphatic carbocycles. The van der Waals surface area contributed by atoms with Crippen LogP contribution in [0.4, 0.5) is 0 Å². The minimum atomic E-state index is -0.626. The van der Waals surface area contributed by atoms with E-state index in [2.05, 4.69) is 15.4 Å². The molecule has 1 unspecified atom stereocenters. The number of hydrogen-bond donors (Lipinski definition) is 1. The van der Waals surface area contributed by atoms with Gasteiger partial charge >= 0.3 is 0 Å². The number of benzene rings is 2. The second kappa shape index (κ2) is 9.47. The Kier molecular flexibility index (Phi) is 6.30. The number of amides is 1. The third kappa shape index (κ3) is 4.69. The van der Waals surface area contributed by atoms with E-state index < -0.39 is 6.10 Å². The molecule has 0 bridgehead atoms. The average molecular weight is 431 g/mol. The van der Waals surface area contributed by atoms with Crippen LogP contribution in [0.2, 0.25) is 0 Å². The molecule has 1 amide bonds. The van der Waals surface area contributed by atoms with Crippen LogP contribution in [0.3, 0.4) is 0 Å². The number of carbonyl (C=O) groups is 1. The summed E-state index contributed by atoms with van der Waals surface area (Å²) in [5.74, 6) is 0.415. The Morgan fingerprint density at radius 2 is 1.88 bits per heavy atom. The maximum atomic E-state index is 12.9. The molecular formula is C24H25N5O3. The SMILES string of the molecule is Cc1ccccc1Cn1cnc2c(cnn2CCNC(=O)C(C)Oc2ccccc2)c1=O. The zero-order valence-electron chi connectivity index (χ0n) is 18.1. The van der Waals surface area contributed by atoms with Gasteiger partial charge in [0.15, 0.2) is 11.8 Å². The fraction of sp³-hybridized carbons (Fsp3) is 0.250. The first-order valence-corrected chi connectivity index (χ1v) is 10.5. The number of fused-ring (bicyclic) bond motifs is 1. The van der Waals surface area contributed by atoms with Gasteiger partial charge in [-0.25, -0.2) is 9.67 Å². The normalized spacial score (nSPS) is 11.9. The average Bonchev–Trinajstić information content (AvgIpc) is 3.21. The lowest BCUT2D eigenvalue weighted by molar-refractivity contribution is -0.127. The summed E-state index contributed by atoms with van der Waals surface area (Å²) in [6, 6.07) is 17.1. The maximum Gasteiger partial charge on any atom is 0.264 e. The van der Waals surface area contributed by atoms with E-state index in [9.17, 15) is 9.59 Å². The van der Waals surface area contributed by atoms with Gasteiger partial charge in [0.05, 0.1) is 19.3 Å². The van der Waals surface area contributed by atoms with Crippen molar-refractivity contribution in [3.05, 3.63) is 88.6 Å². The summed E-state index contributed by atoms with van der Waals surface area (Å²) < 4.78 is 8.84. The van der Waals surface area contributed by atoms with Gasteiger partial charge in [-0.2, -0.15) is 5.10 Å². The number of nitrogens with zero attached hydrogens (tertiary/aromatic N) is 4. The van der Waals surface area contributed by atoms with Crippen LogP contribution in [-0.2, 0) is 17.9 Å². The van der Waals surface area contributed by atoms with E-state index in [1.165, 1.54) is 6.20 Å². The molecule has 2 heterocycles. The number of nitrogens with one attached hydrogen (secondary N) is 1. The van der Waals surface area contributed by atoms with Crippen LogP contribution < -0.4 is 15.6 Å². The Labute approximate surface area is 185 Å². The van der Waals surface area contributed by atoms with Crippen molar-refractivity contribution < 1.29 is 9.53 Å². The van der Waals surface area contributed by atoms with Crippen molar-refractivity contribution in [2.45, 2.75) is 33.0 Å². The van der Waals surface area contributed by atoms with E-state index in [0.717, 1.165) is 11.1 Å². The molecule has 32 heavy (non-hydrogen) atoms. The summed E-state index contributed by atoms with van der Waals surface area (Å²) >= 11 is 0. The summed E-state index contributed by atoms with van der Waals surface area (Å²) in [5, 5.41) is 7.58. The number of rotatable bonds is 8. The minimum Gasteiger partial charge on any atom is -0.481 e. The first-order valence-electron chi connectivity index (χ1n) is 10.5. The summed E-state index contributed by atoms with van der Waals surface area (Å²) in [5.41, 5.74) is 2.55. The highest BCUT2D eigenvalue weighted by Crippen LogP contribution is 2.11. The second-order valence-electron chi connectivity index (χ2n) is 7.57. The zero-order valence-corrected chi connectivity index (χ0v) is 18.1.